The average Bonchev–Trinajstić information content (AvgIpc) is 2.91. The van der Waals surface area contributed by atoms with Gasteiger partial charge in [-0.3, -0.25) is 14.2 Å². The first-order valence-corrected chi connectivity index (χ1v) is 12.0. The fourth-order valence-electron chi connectivity index (χ4n) is 4.68. The number of nitrogens with zero attached hydrogens (tertiary/aromatic N) is 5. The molecule has 0 amide bonds. The number of anilines is 2. The molecule has 1 atom stereocenters. The fourth-order valence-corrected chi connectivity index (χ4v) is 4.68. The van der Waals surface area contributed by atoms with Gasteiger partial charge in [-0.25, -0.2) is 4.98 Å². The number of hydrogen-bond acceptors (Lipinski definition) is 7. The van der Waals surface area contributed by atoms with Crippen molar-refractivity contribution in [3.63, 3.8) is 0 Å². The number of nitrogen functional groups attached to an aromatic ring is 1. The van der Waals surface area contributed by atoms with E-state index in [1.54, 1.807) is 24.7 Å². The monoisotopic (exact) mass is 503 g/mol. The summed E-state index contributed by atoms with van der Waals surface area (Å²) in [4.78, 5) is 34.7. The average molecular weight is 504 g/mol. The number of fused-ring (bicyclic) bond motifs is 1. The lowest BCUT2D eigenvalue weighted by Gasteiger charge is -2.22. The highest BCUT2D eigenvalue weighted by Gasteiger charge is 2.20. The van der Waals surface area contributed by atoms with Gasteiger partial charge in [-0.1, -0.05) is 36.4 Å². The van der Waals surface area contributed by atoms with Crippen LogP contribution < -0.4 is 22.2 Å². The molecule has 9 nitrogen and oxygen atoms in total. The van der Waals surface area contributed by atoms with Crippen LogP contribution in [0.5, 0.6) is 0 Å². The first-order valence-electron chi connectivity index (χ1n) is 12.0. The quantitative estimate of drug-likeness (QED) is 0.369. The molecule has 0 aliphatic rings. The Morgan fingerprint density at radius 3 is 2.53 bits per heavy atom. The number of aromatic nitrogens is 4. The smallest absolute Gasteiger partial charge is 0.263 e. The van der Waals surface area contributed by atoms with Gasteiger partial charge in [0.15, 0.2) is 0 Å². The lowest BCUT2D eigenvalue weighted by Crippen LogP contribution is -2.26. The molecule has 0 radical (unpaired) electrons. The summed E-state index contributed by atoms with van der Waals surface area (Å²) in [5.41, 5.74) is 9.19. The first kappa shape index (κ1) is 24.5. The minimum absolute atomic E-state index is 0.0369. The largest absolute Gasteiger partial charge is 0.368 e. The van der Waals surface area contributed by atoms with Crippen molar-refractivity contribution >= 4 is 22.5 Å². The number of nitriles is 1. The molecule has 3 heterocycles. The third-order valence-corrected chi connectivity index (χ3v) is 6.49. The minimum Gasteiger partial charge on any atom is -0.368 e. The van der Waals surface area contributed by atoms with E-state index < -0.39 is 6.04 Å². The van der Waals surface area contributed by atoms with Gasteiger partial charge in [-0.15, -0.1) is 0 Å². The molecule has 3 N–H and O–H groups in total. The number of nitrogens with one attached hydrogen (secondary N) is 1. The predicted molar refractivity (Wildman–Crippen MR) is 148 cm³/mol. The van der Waals surface area contributed by atoms with Gasteiger partial charge in [-0.05, 0) is 54.6 Å². The van der Waals surface area contributed by atoms with Crippen molar-refractivity contribution in [1.29, 1.82) is 5.26 Å². The van der Waals surface area contributed by atoms with E-state index in [1.165, 1.54) is 10.8 Å². The summed E-state index contributed by atoms with van der Waals surface area (Å²) >= 11 is 0. The maximum absolute atomic E-state index is 14.3. The molecule has 0 saturated heterocycles. The van der Waals surface area contributed by atoms with E-state index in [0.717, 1.165) is 16.5 Å². The zero-order chi connectivity index (χ0) is 27.0. The topological polar surface area (TPSA) is 132 Å². The maximum atomic E-state index is 14.3. The number of aryl methyl sites for hydroxylation is 2. The third-order valence-electron chi connectivity index (χ3n) is 6.49. The highest BCUT2D eigenvalue weighted by molar-refractivity contribution is 5.96. The van der Waals surface area contributed by atoms with Crippen LogP contribution in [0.15, 0.2) is 82.6 Å². The fraction of sp³-hybridized carbons (Fsp3) is 0.138. The van der Waals surface area contributed by atoms with Gasteiger partial charge in [0, 0.05) is 30.2 Å². The summed E-state index contributed by atoms with van der Waals surface area (Å²) in [7, 11) is 1.70. The van der Waals surface area contributed by atoms with E-state index in [0.29, 0.717) is 22.3 Å². The molecular formula is C29H25N7O2. The molecule has 0 fully saturated rings. The van der Waals surface area contributed by atoms with E-state index in [1.807, 2.05) is 67.6 Å². The molecule has 0 saturated carbocycles. The number of rotatable bonds is 5. The summed E-state index contributed by atoms with van der Waals surface area (Å²) in [6.07, 6.45) is 3.11. The summed E-state index contributed by atoms with van der Waals surface area (Å²) in [5, 5.41) is 14.0. The van der Waals surface area contributed by atoms with Gasteiger partial charge in [0.25, 0.3) is 11.1 Å². The molecule has 1 unspecified atom stereocenters. The number of pyridine rings is 2. The van der Waals surface area contributed by atoms with Crippen LogP contribution in [0.3, 0.4) is 0 Å². The molecule has 2 aromatic carbocycles. The summed E-state index contributed by atoms with van der Waals surface area (Å²) in [6, 6.07) is 20.4. The van der Waals surface area contributed by atoms with E-state index in [-0.39, 0.29) is 28.4 Å². The molecule has 0 bridgehead atoms. The van der Waals surface area contributed by atoms with Crippen molar-refractivity contribution < 1.29 is 0 Å². The van der Waals surface area contributed by atoms with Crippen molar-refractivity contribution in [2.24, 2.45) is 7.05 Å². The Kier molecular flexibility index (Phi) is 6.23. The molecule has 5 rings (SSSR count). The normalized spacial score (nSPS) is 11.7. The maximum Gasteiger partial charge on any atom is 0.263 e. The van der Waals surface area contributed by atoms with Crippen molar-refractivity contribution in [3.8, 4) is 22.9 Å². The van der Waals surface area contributed by atoms with Gasteiger partial charge in [0.05, 0.1) is 17.6 Å². The molecule has 5 aromatic rings. The zero-order valence-electron chi connectivity index (χ0n) is 21.1. The highest BCUT2D eigenvalue weighted by Crippen LogP contribution is 2.30. The Morgan fingerprint density at radius 1 is 1.05 bits per heavy atom. The lowest BCUT2D eigenvalue weighted by atomic mass is 9.98. The van der Waals surface area contributed by atoms with Crippen molar-refractivity contribution in [2.45, 2.75) is 19.9 Å². The number of nitrogens with two attached hydrogens (primary N) is 1. The Hall–Kier alpha value is -5.23. The molecule has 0 aliphatic heterocycles. The second kappa shape index (κ2) is 9.67. The molecule has 0 aliphatic carbocycles. The molecule has 0 spiro atoms. The van der Waals surface area contributed by atoms with E-state index in [2.05, 4.69) is 21.4 Å². The molecule has 9 heteroatoms. The summed E-state index contributed by atoms with van der Waals surface area (Å²) in [6.45, 7) is 3.65. The van der Waals surface area contributed by atoms with E-state index >= 15 is 0 Å². The molecular weight excluding hydrogens is 478 g/mol. The third kappa shape index (κ3) is 4.29. The van der Waals surface area contributed by atoms with Crippen LogP contribution in [0.4, 0.5) is 11.8 Å². The first-order chi connectivity index (χ1) is 18.3. The molecule has 3 aromatic heterocycles. The van der Waals surface area contributed by atoms with Crippen LogP contribution >= 0.6 is 0 Å². The zero-order valence-corrected chi connectivity index (χ0v) is 21.1. The van der Waals surface area contributed by atoms with Crippen molar-refractivity contribution in [1.82, 2.24) is 19.1 Å². The van der Waals surface area contributed by atoms with Crippen molar-refractivity contribution in [3.05, 3.63) is 111 Å². The highest BCUT2D eigenvalue weighted by atomic mass is 16.1. The van der Waals surface area contributed by atoms with E-state index in [4.69, 9.17) is 5.73 Å². The van der Waals surface area contributed by atoms with Crippen LogP contribution in [0.2, 0.25) is 0 Å². The Bertz CT molecular complexity index is 1820. The van der Waals surface area contributed by atoms with Crippen LogP contribution in [0.1, 0.15) is 29.8 Å². The predicted octanol–water partition coefficient (Wildman–Crippen LogP) is 4.08. The van der Waals surface area contributed by atoms with Crippen LogP contribution in [0, 0.1) is 18.3 Å². The van der Waals surface area contributed by atoms with Crippen LogP contribution in [0.25, 0.3) is 27.6 Å². The summed E-state index contributed by atoms with van der Waals surface area (Å²) in [5.74, 6) is 0.323. The number of hydrogen-bond donors (Lipinski definition) is 2. The Labute approximate surface area is 218 Å². The van der Waals surface area contributed by atoms with Gasteiger partial charge in [0.1, 0.15) is 17.5 Å². The number of benzene rings is 2. The van der Waals surface area contributed by atoms with Crippen LogP contribution in [-0.2, 0) is 7.05 Å². The van der Waals surface area contributed by atoms with Gasteiger partial charge in [-0.2, -0.15) is 10.2 Å². The van der Waals surface area contributed by atoms with Crippen LogP contribution in [-0.4, -0.2) is 19.1 Å². The minimum atomic E-state index is -0.433. The second-order valence-electron chi connectivity index (χ2n) is 9.11. The Morgan fingerprint density at radius 2 is 1.82 bits per heavy atom. The molecule has 38 heavy (non-hydrogen) atoms. The standard InChI is InChI=1S/C29H25N7O2/c1-17-12-20(16-35(3)27(17)37)23-11-7-8-19-13-24(18(2)33-26-21(14-30)15-32-29(31)34-26)36(28(38)25(19)23)22-9-5-4-6-10-22/h4-13,15-16,18H,1-3H3,(H3,31,32,33,34). The lowest BCUT2D eigenvalue weighted by molar-refractivity contribution is 0.772. The van der Waals surface area contributed by atoms with Gasteiger partial charge in [0.2, 0.25) is 5.95 Å². The van der Waals surface area contributed by atoms with Gasteiger partial charge >= 0.3 is 0 Å². The summed E-state index contributed by atoms with van der Waals surface area (Å²) < 4.78 is 3.19. The Balaban J connectivity index is 1.77. The number of para-hydroxylation sites is 1. The van der Waals surface area contributed by atoms with Gasteiger partial charge < -0.3 is 15.6 Å². The molecule has 188 valence electrons. The SMILES string of the molecule is Cc1cc(-c2cccc3cc(C(C)Nc4nc(N)ncc4C#N)n(-c4ccccc4)c(=O)c23)cn(C)c1=O. The van der Waals surface area contributed by atoms with E-state index in [9.17, 15) is 14.9 Å². The second-order valence-corrected chi connectivity index (χ2v) is 9.11. The van der Waals surface area contributed by atoms with Crippen molar-refractivity contribution in [2.75, 3.05) is 11.1 Å².